The van der Waals surface area contributed by atoms with E-state index in [1.54, 1.807) is 25.3 Å². The first kappa shape index (κ1) is 19.6. The maximum Gasteiger partial charge on any atom is 0.306 e. The van der Waals surface area contributed by atoms with Crippen LogP contribution in [0, 0.1) is 12.7 Å². The van der Waals surface area contributed by atoms with Crippen LogP contribution in [0.15, 0.2) is 69.6 Å². The van der Waals surface area contributed by atoms with Crippen LogP contribution in [0.4, 0.5) is 4.39 Å². The van der Waals surface area contributed by atoms with Crippen LogP contribution < -0.4 is 0 Å². The summed E-state index contributed by atoms with van der Waals surface area (Å²) in [5.41, 5.74) is 2.16. The molecule has 0 aliphatic carbocycles. The van der Waals surface area contributed by atoms with Gasteiger partial charge in [-0.25, -0.2) is 14.4 Å². The van der Waals surface area contributed by atoms with Gasteiger partial charge in [-0.15, -0.1) is 0 Å². The fraction of sp³-hybridized carbons (Fsp3) is 0.174. The highest BCUT2D eigenvalue weighted by Crippen LogP contribution is 2.23. The van der Waals surface area contributed by atoms with Crippen molar-refractivity contribution in [1.82, 2.24) is 9.97 Å². The van der Waals surface area contributed by atoms with Gasteiger partial charge in [0.25, 0.3) is 0 Å². The molecule has 2 aromatic heterocycles. The van der Waals surface area contributed by atoms with E-state index in [0.717, 1.165) is 5.56 Å². The number of aryl methyl sites for hydroxylation is 2. The van der Waals surface area contributed by atoms with E-state index in [9.17, 15) is 9.18 Å². The number of carbonyl (C=O) groups excluding carboxylic acids is 1. The number of hydrogen-bond acceptors (Lipinski definition) is 6. The molecule has 0 spiro atoms. The number of oxazole rings is 2. The Labute approximate surface area is 172 Å². The number of rotatable bonds is 7. The van der Waals surface area contributed by atoms with Crippen molar-refractivity contribution < 1.29 is 22.8 Å². The summed E-state index contributed by atoms with van der Waals surface area (Å²) < 4.78 is 29.6. The molecule has 0 N–H and O–H groups in total. The molecule has 0 saturated heterocycles. The molecular weight excluding hydrogens is 387 g/mol. The lowest BCUT2D eigenvalue weighted by atomic mass is 10.2. The zero-order chi connectivity index (χ0) is 20.9. The summed E-state index contributed by atoms with van der Waals surface area (Å²) in [6.45, 7) is 1.82. The predicted octanol–water partition coefficient (Wildman–Crippen LogP) is 5.12. The molecule has 0 fully saturated rings. The van der Waals surface area contributed by atoms with Crippen LogP contribution in [0.2, 0.25) is 0 Å². The van der Waals surface area contributed by atoms with Crippen LogP contribution in [0.5, 0.6) is 0 Å². The first-order valence-corrected chi connectivity index (χ1v) is 9.46. The number of nitrogens with zero attached hydrogens (tertiary/aromatic N) is 2. The van der Waals surface area contributed by atoms with Gasteiger partial charge in [-0.05, 0) is 43.3 Å². The van der Waals surface area contributed by atoms with Crippen molar-refractivity contribution in [2.45, 2.75) is 26.4 Å². The Hall–Kier alpha value is -3.74. The first-order chi connectivity index (χ1) is 14.6. The quantitative estimate of drug-likeness (QED) is 0.397. The van der Waals surface area contributed by atoms with E-state index in [2.05, 4.69) is 9.97 Å². The Morgan fingerprint density at radius 2 is 1.80 bits per heavy atom. The summed E-state index contributed by atoms with van der Waals surface area (Å²) in [6, 6.07) is 15.4. The summed E-state index contributed by atoms with van der Waals surface area (Å²) in [6.07, 6.45) is 1.97. The molecule has 0 bridgehead atoms. The van der Waals surface area contributed by atoms with Crippen molar-refractivity contribution in [2.75, 3.05) is 0 Å². The molecule has 152 valence electrons. The number of aromatic nitrogens is 2. The van der Waals surface area contributed by atoms with E-state index in [4.69, 9.17) is 13.6 Å². The molecule has 0 atom stereocenters. The lowest BCUT2D eigenvalue weighted by molar-refractivity contribution is -0.145. The average Bonchev–Trinajstić information content (AvgIpc) is 3.39. The van der Waals surface area contributed by atoms with Crippen LogP contribution in [0.3, 0.4) is 0 Å². The molecule has 0 saturated carbocycles. The summed E-state index contributed by atoms with van der Waals surface area (Å²) in [7, 11) is 0. The molecule has 4 rings (SSSR count). The van der Waals surface area contributed by atoms with E-state index in [0.29, 0.717) is 41.0 Å². The zero-order valence-electron chi connectivity index (χ0n) is 16.3. The molecule has 2 aromatic carbocycles. The van der Waals surface area contributed by atoms with Gasteiger partial charge in [0, 0.05) is 17.5 Å². The maximum atomic E-state index is 13.0. The maximum absolute atomic E-state index is 13.0. The molecule has 2 heterocycles. The molecule has 0 amide bonds. The molecule has 0 radical (unpaired) electrons. The summed E-state index contributed by atoms with van der Waals surface area (Å²) in [5, 5.41) is 0. The smallest absolute Gasteiger partial charge is 0.306 e. The van der Waals surface area contributed by atoms with E-state index in [1.165, 1.54) is 12.1 Å². The third-order valence-electron chi connectivity index (χ3n) is 4.51. The number of ether oxygens (including phenoxy) is 1. The molecule has 0 aliphatic rings. The van der Waals surface area contributed by atoms with Gasteiger partial charge < -0.3 is 13.6 Å². The highest BCUT2D eigenvalue weighted by molar-refractivity contribution is 5.69. The Kier molecular flexibility index (Phi) is 5.70. The second kappa shape index (κ2) is 8.73. The second-order valence-corrected chi connectivity index (χ2v) is 6.67. The van der Waals surface area contributed by atoms with Crippen molar-refractivity contribution in [2.24, 2.45) is 0 Å². The molecule has 0 aliphatic heterocycles. The third-order valence-corrected chi connectivity index (χ3v) is 4.51. The van der Waals surface area contributed by atoms with Crippen LogP contribution in [-0.2, 0) is 22.6 Å². The van der Waals surface area contributed by atoms with Crippen molar-refractivity contribution in [3.05, 3.63) is 84.0 Å². The van der Waals surface area contributed by atoms with Crippen LogP contribution in [-0.4, -0.2) is 15.9 Å². The van der Waals surface area contributed by atoms with E-state index in [-0.39, 0.29) is 24.8 Å². The molecular formula is C23H19FN2O4. The van der Waals surface area contributed by atoms with E-state index >= 15 is 0 Å². The largest absolute Gasteiger partial charge is 0.459 e. The number of hydrogen-bond donors (Lipinski definition) is 0. The third kappa shape index (κ3) is 4.63. The number of halogens is 1. The van der Waals surface area contributed by atoms with Crippen molar-refractivity contribution in [1.29, 1.82) is 0 Å². The number of carbonyl (C=O) groups is 1. The van der Waals surface area contributed by atoms with Crippen LogP contribution >= 0.6 is 0 Å². The Morgan fingerprint density at radius 3 is 2.57 bits per heavy atom. The molecule has 4 aromatic rings. The van der Waals surface area contributed by atoms with Gasteiger partial charge in [-0.3, -0.25) is 4.79 Å². The Morgan fingerprint density at radius 1 is 1.03 bits per heavy atom. The summed E-state index contributed by atoms with van der Waals surface area (Å²) in [4.78, 5) is 20.7. The standard InChI is InChI=1S/C23H19FN2O4/c1-15-19(26-23(29-15)17-5-3-2-4-6-17)14-28-22(27)12-11-21-25-13-20(30-21)16-7-9-18(24)10-8-16/h2-10,13H,11-12,14H2,1H3. The monoisotopic (exact) mass is 406 g/mol. The minimum Gasteiger partial charge on any atom is -0.459 e. The van der Waals surface area contributed by atoms with Crippen LogP contribution in [0.25, 0.3) is 22.8 Å². The fourth-order valence-electron chi connectivity index (χ4n) is 2.87. The minimum absolute atomic E-state index is 0.0351. The van der Waals surface area contributed by atoms with Crippen molar-refractivity contribution >= 4 is 5.97 Å². The van der Waals surface area contributed by atoms with Crippen molar-refractivity contribution in [3.63, 3.8) is 0 Å². The van der Waals surface area contributed by atoms with Gasteiger partial charge in [0.1, 0.15) is 23.9 Å². The normalized spacial score (nSPS) is 10.9. The lowest BCUT2D eigenvalue weighted by Crippen LogP contribution is -2.06. The summed E-state index contributed by atoms with van der Waals surface area (Å²) in [5.74, 6) is 1.32. The zero-order valence-corrected chi connectivity index (χ0v) is 16.3. The van der Waals surface area contributed by atoms with Gasteiger partial charge >= 0.3 is 5.97 Å². The SMILES string of the molecule is Cc1oc(-c2ccccc2)nc1COC(=O)CCc1ncc(-c2ccc(F)cc2)o1. The van der Waals surface area contributed by atoms with E-state index < -0.39 is 0 Å². The van der Waals surface area contributed by atoms with Gasteiger partial charge in [0.2, 0.25) is 5.89 Å². The highest BCUT2D eigenvalue weighted by atomic mass is 19.1. The topological polar surface area (TPSA) is 78.4 Å². The lowest BCUT2D eigenvalue weighted by Gasteiger charge is -2.02. The predicted molar refractivity (Wildman–Crippen MR) is 107 cm³/mol. The van der Waals surface area contributed by atoms with E-state index in [1.807, 2.05) is 30.3 Å². The average molecular weight is 406 g/mol. The Balaban J connectivity index is 1.30. The van der Waals surface area contributed by atoms with Gasteiger partial charge in [0.05, 0.1) is 12.6 Å². The first-order valence-electron chi connectivity index (χ1n) is 9.46. The highest BCUT2D eigenvalue weighted by Gasteiger charge is 2.14. The van der Waals surface area contributed by atoms with Crippen molar-refractivity contribution in [3.8, 4) is 22.8 Å². The molecule has 30 heavy (non-hydrogen) atoms. The number of benzene rings is 2. The second-order valence-electron chi connectivity index (χ2n) is 6.67. The minimum atomic E-state index is -0.389. The molecule has 7 heteroatoms. The molecule has 6 nitrogen and oxygen atoms in total. The van der Waals surface area contributed by atoms with Crippen LogP contribution in [0.1, 0.15) is 23.8 Å². The number of esters is 1. The van der Waals surface area contributed by atoms with Gasteiger partial charge in [-0.2, -0.15) is 0 Å². The Bertz CT molecular complexity index is 1130. The fourth-order valence-corrected chi connectivity index (χ4v) is 2.87. The molecule has 0 unspecified atom stereocenters. The summed E-state index contributed by atoms with van der Waals surface area (Å²) >= 11 is 0. The van der Waals surface area contributed by atoms with Gasteiger partial charge in [-0.1, -0.05) is 18.2 Å². The van der Waals surface area contributed by atoms with Gasteiger partial charge in [0.15, 0.2) is 11.7 Å².